The molecular formula is C8H6F2N2S. The van der Waals surface area contributed by atoms with Crippen LogP contribution in [0.2, 0.25) is 0 Å². The Balaban J connectivity index is 2.46. The lowest BCUT2D eigenvalue weighted by Gasteiger charge is -2.03. The zero-order valence-corrected chi connectivity index (χ0v) is 7.34. The van der Waals surface area contributed by atoms with Gasteiger partial charge in [-0.3, -0.25) is 4.57 Å². The molecule has 68 valence electrons. The van der Waals surface area contributed by atoms with Crippen LogP contribution in [0.3, 0.4) is 0 Å². The van der Waals surface area contributed by atoms with Crippen molar-refractivity contribution in [3.05, 3.63) is 29.9 Å². The fourth-order valence-corrected chi connectivity index (χ4v) is 1.79. The number of hydrogen-bond donors (Lipinski definition) is 0. The summed E-state index contributed by atoms with van der Waals surface area (Å²) in [7, 11) is 0. The van der Waals surface area contributed by atoms with Crippen LogP contribution in [0.15, 0.2) is 29.9 Å². The Hall–Kier alpha value is -1.23. The molecule has 5 heteroatoms. The molecule has 0 radical (unpaired) electrons. The molecule has 0 saturated carbocycles. The van der Waals surface area contributed by atoms with Gasteiger partial charge in [-0.05, 0) is 11.4 Å². The Morgan fingerprint density at radius 2 is 2.31 bits per heavy atom. The van der Waals surface area contributed by atoms with Crippen LogP contribution in [0.5, 0.6) is 0 Å². The second kappa shape index (κ2) is 3.26. The lowest BCUT2D eigenvalue weighted by molar-refractivity contribution is 0.0721. The van der Waals surface area contributed by atoms with E-state index in [4.69, 9.17) is 0 Å². The molecule has 2 rings (SSSR count). The predicted molar refractivity (Wildman–Crippen MR) is 46.8 cm³/mol. The highest BCUT2D eigenvalue weighted by atomic mass is 32.1. The average molecular weight is 200 g/mol. The van der Waals surface area contributed by atoms with E-state index in [-0.39, 0.29) is 0 Å². The Morgan fingerprint density at radius 3 is 2.92 bits per heavy atom. The van der Waals surface area contributed by atoms with Crippen LogP contribution in [0.1, 0.15) is 6.55 Å². The molecule has 0 aromatic carbocycles. The maximum absolute atomic E-state index is 12.4. The molecule has 0 aliphatic carbocycles. The molecule has 0 aliphatic rings. The van der Waals surface area contributed by atoms with Gasteiger partial charge >= 0.3 is 6.55 Å². The van der Waals surface area contributed by atoms with Gasteiger partial charge in [0.1, 0.15) is 0 Å². The Kier molecular flexibility index (Phi) is 2.10. The highest BCUT2D eigenvalue weighted by Crippen LogP contribution is 2.26. The molecule has 0 fully saturated rings. The van der Waals surface area contributed by atoms with Crippen LogP contribution < -0.4 is 0 Å². The highest BCUT2D eigenvalue weighted by Gasteiger charge is 2.12. The van der Waals surface area contributed by atoms with Crippen LogP contribution in [0.25, 0.3) is 10.7 Å². The van der Waals surface area contributed by atoms with Gasteiger partial charge in [0.15, 0.2) is 5.82 Å². The smallest absolute Gasteiger partial charge is 0.273 e. The number of rotatable bonds is 2. The van der Waals surface area contributed by atoms with E-state index in [1.165, 1.54) is 23.7 Å². The van der Waals surface area contributed by atoms with Gasteiger partial charge in [0, 0.05) is 12.4 Å². The minimum atomic E-state index is -2.53. The lowest BCUT2D eigenvalue weighted by Crippen LogP contribution is -1.97. The topological polar surface area (TPSA) is 17.8 Å². The first-order chi connectivity index (χ1) is 6.29. The van der Waals surface area contributed by atoms with E-state index in [1.54, 1.807) is 6.07 Å². The molecule has 0 atom stereocenters. The third-order valence-electron chi connectivity index (χ3n) is 1.62. The van der Waals surface area contributed by atoms with Crippen molar-refractivity contribution in [1.82, 2.24) is 9.55 Å². The first-order valence-electron chi connectivity index (χ1n) is 3.64. The van der Waals surface area contributed by atoms with Gasteiger partial charge in [0.2, 0.25) is 0 Å². The minimum absolute atomic E-state index is 0.324. The van der Waals surface area contributed by atoms with Crippen LogP contribution in [-0.4, -0.2) is 9.55 Å². The summed E-state index contributed by atoms with van der Waals surface area (Å²) in [6, 6.07) is 3.58. The second-order valence-electron chi connectivity index (χ2n) is 2.41. The summed E-state index contributed by atoms with van der Waals surface area (Å²) in [6.07, 6.45) is 2.65. The molecule has 0 unspecified atom stereocenters. The van der Waals surface area contributed by atoms with E-state index < -0.39 is 6.55 Å². The minimum Gasteiger partial charge on any atom is -0.273 e. The van der Waals surface area contributed by atoms with Gasteiger partial charge in [-0.2, -0.15) is 8.78 Å². The molecule has 2 nitrogen and oxygen atoms in total. The van der Waals surface area contributed by atoms with E-state index in [2.05, 4.69) is 4.98 Å². The van der Waals surface area contributed by atoms with Gasteiger partial charge in [-0.25, -0.2) is 4.98 Å². The quantitative estimate of drug-likeness (QED) is 0.728. The monoisotopic (exact) mass is 200 g/mol. The largest absolute Gasteiger partial charge is 0.320 e. The number of thiophene rings is 1. The Bertz CT molecular complexity index is 381. The van der Waals surface area contributed by atoms with Crippen molar-refractivity contribution >= 4 is 11.3 Å². The van der Waals surface area contributed by atoms with Crippen molar-refractivity contribution in [1.29, 1.82) is 0 Å². The Morgan fingerprint density at radius 1 is 1.46 bits per heavy atom. The SMILES string of the molecule is FC(F)n1ccnc1-c1cccs1. The molecule has 0 spiro atoms. The molecule has 0 saturated heterocycles. The number of halogens is 2. The van der Waals surface area contributed by atoms with E-state index in [9.17, 15) is 8.78 Å². The maximum atomic E-state index is 12.4. The van der Waals surface area contributed by atoms with Crippen LogP contribution in [-0.2, 0) is 0 Å². The number of aromatic nitrogens is 2. The summed E-state index contributed by atoms with van der Waals surface area (Å²) in [4.78, 5) is 4.63. The van der Waals surface area contributed by atoms with E-state index in [1.807, 2.05) is 11.4 Å². The number of nitrogens with zero attached hydrogens (tertiary/aromatic N) is 2. The highest BCUT2D eigenvalue weighted by molar-refractivity contribution is 7.13. The normalized spacial score (nSPS) is 11.0. The van der Waals surface area contributed by atoms with Crippen molar-refractivity contribution in [3.63, 3.8) is 0 Å². The van der Waals surface area contributed by atoms with E-state index >= 15 is 0 Å². The lowest BCUT2D eigenvalue weighted by atomic mass is 10.4. The van der Waals surface area contributed by atoms with Crippen LogP contribution >= 0.6 is 11.3 Å². The Labute approximate surface area is 77.5 Å². The summed E-state index contributed by atoms with van der Waals surface area (Å²) in [5.41, 5.74) is 0. The molecule has 0 N–H and O–H groups in total. The zero-order chi connectivity index (χ0) is 9.26. The van der Waals surface area contributed by atoms with Gasteiger partial charge in [-0.1, -0.05) is 6.07 Å². The standard InChI is InChI=1S/C8H6F2N2S/c9-8(10)12-4-3-11-7(12)6-2-1-5-13-6/h1-5,8H. The molecule has 2 heterocycles. The van der Waals surface area contributed by atoms with Crippen molar-refractivity contribution in [2.24, 2.45) is 0 Å². The first kappa shape index (κ1) is 8.37. The zero-order valence-electron chi connectivity index (χ0n) is 6.52. The summed E-state index contributed by atoms with van der Waals surface area (Å²) in [6.45, 7) is -2.53. The van der Waals surface area contributed by atoms with E-state index in [0.29, 0.717) is 5.82 Å². The van der Waals surface area contributed by atoms with Crippen molar-refractivity contribution in [2.75, 3.05) is 0 Å². The van der Waals surface area contributed by atoms with Crippen molar-refractivity contribution in [3.8, 4) is 10.7 Å². The number of hydrogen-bond acceptors (Lipinski definition) is 2. The van der Waals surface area contributed by atoms with Crippen LogP contribution in [0, 0.1) is 0 Å². The van der Waals surface area contributed by atoms with Gasteiger partial charge in [-0.15, -0.1) is 11.3 Å². The third kappa shape index (κ3) is 1.47. The van der Waals surface area contributed by atoms with E-state index in [0.717, 1.165) is 9.44 Å². The van der Waals surface area contributed by atoms with Crippen molar-refractivity contribution in [2.45, 2.75) is 6.55 Å². The van der Waals surface area contributed by atoms with Crippen molar-refractivity contribution < 1.29 is 8.78 Å². The summed E-state index contributed by atoms with van der Waals surface area (Å²) < 4.78 is 25.6. The molecule has 0 aliphatic heterocycles. The summed E-state index contributed by atoms with van der Waals surface area (Å²) in [5.74, 6) is 0.324. The fraction of sp³-hybridized carbons (Fsp3) is 0.125. The molecule has 2 aromatic rings. The predicted octanol–water partition coefficient (Wildman–Crippen LogP) is 3.01. The summed E-state index contributed by atoms with van der Waals surface area (Å²) >= 11 is 1.40. The number of imidazole rings is 1. The average Bonchev–Trinajstić information content (AvgIpc) is 2.74. The van der Waals surface area contributed by atoms with Gasteiger partial charge < -0.3 is 0 Å². The second-order valence-corrected chi connectivity index (χ2v) is 3.36. The van der Waals surface area contributed by atoms with Crippen LogP contribution in [0.4, 0.5) is 8.78 Å². The molecule has 13 heavy (non-hydrogen) atoms. The van der Waals surface area contributed by atoms with Gasteiger partial charge in [0.05, 0.1) is 4.88 Å². The molecular weight excluding hydrogens is 194 g/mol. The molecule has 0 amide bonds. The van der Waals surface area contributed by atoms with Gasteiger partial charge in [0.25, 0.3) is 0 Å². The number of alkyl halides is 2. The summed E-state index contributed by atoms with van der Waals surface area (Å²) in [5, 5.41) is 1.83. The first-order valence-corrected chi connectivity index (χ1v) is 4.52. The molecule has 0 bridgehead atoms. The fourth-order valence-electron chi connectivity index (χ4n) is 1.07. The maximum Gasteiger partial charge on any atom is 0.320 e. The third-order valence-corrected chi connectivity index (χ3v) is 2.49. The molecule has 2 aromatic heterocycles.